The van der Waals surface area contributed by atoms with E-state index in [2.05, 4.69) is 0 Å². The van der Waals surface area contributed by atoms with Gasteiger partial charge in [0.25, 0.3) is 0 Å². The van der Waals surface area contributed by atoms with Crippen LogP contribution in [0, 0.1) is 0 Å². The van der Waals surface area contributed by atoms with E-state index >= 15 is 0 Å². The summed E-state index contributed by atoms with van der Waals surface area (Å²) in [5.41, 5.74) is 3.34. The summed E-state index contributed by atoms with van der Waals surface area (Å²) >= 11 is 0. The highest BCUT2D eigenvalue weighted by Crippen LogP contribution is 2.24. The molecule has 3 N–H and O–H groups in total. The van der Waals surface area contributed by atoms with Gasteiger partial charge in [-0.15, -0.1) is 0 Å². The zero-order valence-corrected chi connectivity index (χ0v) is 11.0. The molecule has 6 nitrogen and oxygen atoms in total. The number of nitrogens with two attached hydrogens (primary N) is 1. The molecule has 104 valence electrons. The van der Waals surface area contributed by atoms with Crippen LogP contribution in [-0.4, -0.2) is 45.8 Å². The van der Waals surface area contributed by atoms with E-state index in [1.807, 2.05) is 6.08 Å². The summed E-state index contributed by atoms with van der Waals surface area (Å²) in [6.45, 7) is 2.04. The summed E-state index contributed by atoms with van der Waals surface area (Å²) in [6, 6.07) is -0.459. The molecular formula is C13H18N2O4. The lowest BCUT2D eigenvalue weighted by molar-refractivity contribution is -0.164. The van der Waals surface area contributed by atoms with Gasteiger partial charge in [-0.05, 0) is 13.3 Å². The van der Waals surface area contributed by atoms with Crippen molar-refractivity contribution in [1.29, 1.82) is 0 Å². The number of ketones is 1. The first-order chi connectivity index (χ1) is 8.85. The highest BCUT2D eigenvalue weighted by atomic mass is 16.4. The summed E-state index contributed by atoms with van der Waals surface area (Å²) < 4.78 is 0. The zero-order valence-electron chi connectivity index (χ0n) is 11.0. The number of hydrogen-bond donors (Lipinski definition) is 2. The molecule has 0 aromatic rings. The number of carboxylic acid groups (broad SMARTS) is 1. The molecular weight excluding hydrogens is 248 g/mol. The van der Waals surface area contributed by atoms with Gasteiger partial charge in [-0.25, -0.2) is 4.79 Å². The van der Waals surface area contributed by atoms with Gasteiger partial charge in [-0.1, -0.05) is 24.3 Å². The lowest BCUT2D eigenvalue weighted by Crippen LogP contribution is -2.64. The number of carbonyl (C=O) groups is 3. The molecule has 1 rings (SSSR count). The zero-order chi connectivity index (χ0) is 14.6. The normalized spacial score (nSPS) is 20.7. The number of amides is 1. The van der Waals surface area contributed by atoms with E-state index in [0.717, 1.165) is 4.90 Å². The first-order valence-electron chi connectivity index (χ1n) is 5.95. The standard InChI is InChI=1S/C13H18N2O4/c1-9(16)15(10-6-4-3-5-7-10)13(2,12(18)19)11(17)8-14/h3-6,10H,7-8,14H2,1-2H3,(H,18,19). The van der Waals surface area contributed by atoms with Crippen LogP contribution in [0.4, 0.5) is 0 Å². The monoisotopic (exact) mass is 266 g/mol. The Morgan fingerprint density at radius 2 is 2.05 bits per heavy atom. The Bertz CT molecular complexity index is 456. The SMILES string of the molecule is CC(=O)N(C1C=CC=CC1)C(C)(C(=O)O)C(=O)CN. The number of carbonyl (C=O) groups excluding carboxylic acids is 2. The highest BCUT2D eigenvalue weighted by Gasteiger charge is 2.49. The van der Waals surface area contributed by atoms with Crippen molar-refractivity contribution in [2.75, 3.05) is 6.54 Å². The summed E-state index contributed by atoms with van der Waals surface area (Å²) in [7, 11) is 0. The van der Waals surface area contributed by atoms with Gasteiger partial charge >= 0.3 is 5.97 Å². The number of aliphatic carboxylic acids is 1. The topological polar surface area (TPSA) is 101 Å². The van der Waals surface area contributed by atoms with Crippen molar-refractivity contribution in [2.24, 2.45) is 5.73 Å². The Hall–Kier alpha value is -1.95. The van der Waals surface area contributed by atoms with Crippen LogP contribution >= 0.6 is 0 Å². The predicted octanol–water partition coefficient (Wildman–Crippen LogP) is 0.0907. The van der Waals surface area contributed by atoms with Gasteiger partial charge in [0.2, 0.25) is 5.91 Å². The summed E-state index contributed by atoms with van der Waals surface area (Å²) in [4.78, 5) is 36.3. The number of nitrogens with zero attached hydrogens (tertiary/aromatic N) is 1. The van der Waals surface area contributed by atoms with Gasteiger partial charge in [0.05, 0.1) is 12.6 Å². The third kappa shape index (κ3) is 2.73. The smallest absolute Gasteiger partial charge is 0.337 e. The largest absolute Gasteiger partial charge is 0.479 e. The van der Waals surface area contributed by atoms with E-state index in [9.17, 15) is 19.5 Å². The van der Waals surface area contributed by atoms with Crippen LogP contribution in [0.3, 0.4) is 0 Å². The number of allylic oxidation sites excluding steroid dienone is 2. The molecule has 0 aliphatic heterocycles. The molecule has 0 bridgehead atoms. The van der Waals surface area contributed by atoms with Crippen LogP contribution in [0.5, 0.6) is 0 Å². The molecule has 2 atom stereocenters. The molecule has 0 spiro atoms. The minimum atomic E-state index is -1.94. The summed E-state index contributed by atoms with van der Waals surface area (Å²) in [6.07, 6.45) is 7.51. The number of rotatable bonds is 5. The van der Waals surface area contributed by atoms with Crippen molar-refractivity contribution >= 4 is 17.7 Å². The second kappa shape index (κ2) is 5.79. The second-order valence-corrected chi connectivity index (χ2v) is 4.51. The average molecular weight is 266 g/mol. The van der Waals surface area contributed by atoms with Crippen molar-refractivity contribution < 1.29 is 19.5 Å². The molecule has 0 fully saturated rings. The third-order valence-electron chi connectivity index (χ3n) is 3.26. The predicted molar refractivity (Wildman–Crippen MR) is 69.3 cm³/mol. The van der Waals surface area contributed by atoms with Crippen LogP contribution in [0.25, 0.3) is 0 Å². The molecule has 1 amide bonds. The summed E-state index contributed by atoms with van der Waals surface area (Å²) in [5.74, 6) is -2.55. The molecule has 1 aliphatic rings. The van der Waals surface area contributed by atoms with Crippen LogP contribution in [-0.2, 0) is 14.4 Å². The molecule has 2 unspecified atom stereocenters. The fourth-order valence-corrected chi connectivity index (χ4v) is 2.19. The minimum absolute atomic E-state index is 0.432. The first kappa shape index (κ1) is 15.1. The van der Waals surface area contributed by atoms with Gasteiger partial charge in [0.15, 0.2) is 11.3 Å². The lowest BCUT2D eigenvalue weighted by Gasteiger charge is -2.40. The highest BCUT2D eigenvalue weighted by molar-refractivity contribution is 6.10. The molecule has 0 saturated carbocycles. The Morgan fingerprint density at radius 1 is 1.42 bits per heavy atom. The van der Waals surface area contributed by atoms with Crippen molar-refractivity contribution in [3.05, 3.63) is 24.3 Å². The van der Waals surface area contributed by atoms with Crippen LogP contribution in [0.15, 0.2) is 24.3 Å². The van der Waals surface area contributed by atoms with Crippen molar-refractivity contribution in [3.63, 3.8) is 0 Å². The van der Waals surface area contributed by atoms with Gasteiger partial charge in [-0.2, -0.15) is 0 Å². The van der Waals surface area contributed by atoms with Gasteiger partial charge in [0, 0.05) is 6.92 Å². The van der Waals surface area contributed by atoms with Crippen molar-refractivity contribution in [3.8, 4) is 0 Å². The maximum Gasteiger partial charge on any atom is 0.337 e. The van der Waals surface area contributed by atoms with E-state index in [4.69, 9.17) is 5.73 Å². The van der Waals surface area contributed by atoms with Crippen LogP contribution in [0.2, 0.25) is 0 Å². The number of hydrogen-bond acceptors (Lipinski definition) is 4. The molecule has 0 saturated heterocycles. The average Bonchev–Trinajstić information content (AvgIpc) is 2.38. The molecule has 0 aromatic heterocycles. The first-order valence-corrected chi connectivity index (χ1v) is 5.95. The van der Waals surface area contributed by atoms with E-state index < -0.39 is 35.8 Å². The molecule has 0 aromatic carbocycles. The van der Waals surface area contributed by atoms with Gasteiger partial charge in [0.1, 0.15) is 0 Å². The van der Waals surface area contributed by atoms with E-state index in [1.54, 1.807) is 18.2 Å². The molecule has 0 heterocycles. The Kier molecular flexibility index (Phi) is 4.61. The Labute approximate surface area is 111 Å². The Balaban J connectivity index is 3.24. The molecule has 0 radical (unpaired) electrons. The van der Waals surface area contributed by atoms with Crippen molar-refractivity contribution in [1.82, 2.24) is 4.90 Å². The summed E-state index contributed by atoms with van der Waals surface area (Å²) in [5, 5.41) is 9.37. The van der Waals surface area contributed by atoms with Crippen LogP contribution < -0.4 is 5.73 Å². The van der Waals surface area contributed by atoms with Crippen molar-refractivity contribution in [2.45, 2.75) is 31.8 Å². The maximum absolute atomic E-state index is 11.9. The molecule has 1 aliphatic carbocycles. The second-order valence-electron chi connectivity index (χ2n) is 4.51. The maximum atomic E-state index is 11.9. The number of carboxylic acids is 1. The van der Waals surface area contributed by atoms with Gasteiger partial charge < -0.3 is 15.7 Å². The van der Waals surface area contributed by atoms with E-state index in [-0.39, 0.29) is 0 Å². The minimum Gasteiger partial charge on any atom is -0.479 e. The molecule has 19 heavy (non-hydrogen) atoms. The fourth-order valence-electron chi connectivity index (χ4n) is 2.19. The number of Topliss-reactive ketones (excluding diaryl/α,β-unsaturated/α-hetero) is 1. The van der Waals surface area contributed by atoms with Gasteiger partial charge in [-0.3, -0.25) is 9.59 Å². The Morgan fingerprint density at radius 3 is 2.42 bits per heavy atom. The fraction of sp³-hybridized carbons (Fsp3) is 0.462. The third-order valence-corrected chi connectivity index (χ3v) is 3.26. The quantitative estimate of drug-likeness (QED) is 0.687. The van der Waals surface area contributed by atoms with E-state index in [1.165, 1.54) is 13.8 Å². The molecule has 6 heteroatoms. The van der Waals surface area contributed by atoms with E-state index in [0.29, 0.717) is 6.42 Å². The van der Waals surface area contributed by atoms with Crippen LogP contribution in [0.1, 0.15) is 20.3 Å². The lowest BCUT2D eigenvalue weighted by atomic mass is 9.90.